The number of nitrogens with zero attached hydrogens (tertiary/aromatic N) is 3. The highest BCUT2D eigenvalue weighted by Crippen LogP contribution is 2.17. The summed E-state index contributed by atoms with van der Waals surface area (Å²) in [6.45, 7) is 5.83. The van der Waals surface area contributed by atoms with E-state index in [-0.39, 0.29) is 23.3 Å². The fraction of sp³-hybridized carbons (Fsp3) is 0.375. The summed E-state index contributed by atoms with van der Waals surface area (Å²) in [5.74, 6) is -1.92. The lowest BCUT2D eigenvalue weighted by molar-refractivity contribution is -0.136. The molecule has 7 nitrogen and oxygen atoms in total. The molecule has 128 valence electrons. The first-order valence-electron chi connectivity index (χ1n) is 7.68. The minimum Gasteiger partial charge on any atom is -0.345 e. The number of hydrogen-bond acceptors (Lipinski definition) is 4. The van der Waals surface area contributed by atoms with Crippen LogP contribution in [-0.4, -0.2) is 32.6 Å². The number of amides is 2. The van der Waals surface area contributed by atoms with Crippen LogP contribution >= 0.6 is 0 Å². The number of nitrogens with one attached hydrogen (secondary N) is 2. The van der Waals surface area contributed by atoms with Crippen molar-refractivity contribution in [3.63, 3.8) is 0 Å². The molecule has 0 fully saturated rings. The molecule has 2 rings (SSSR count). The second-order valence-electron chi connectivity index (χ2n) is 5.61. The van der Waals surface area contributed by atoms with Crippen molar-refractivity contribution in [2.75, 3.05) is 5.32 Å². The molecule has 2 atom stereocenters. The molecule has 0 bridgehead atoms. The molecule has 8 heteroatoms. The normalized spacial score (nSPS) is 13.2. The predicted molar refractivity (Wildman–Crippen MR) is 87.0 cm³/mol. The van der Waals surface area contributed by atoms with Gasteiger partial charge in [0.2, 0.25) is 0 Å². The third-order valence-corrected chi connectivity index (χ3v) is 3.93. The van der Waals surface area contributed by atoms with Crippen molar-refractivity contribution in [3.8, 4) is 5.69 Å². The Bertz CT molecular complexity index is 717. The topological polar surface area (TPSA) is 88.9 Å². The number of anilines is 1. The zero-order valence-corrected chi connectivity index (χ0v) is 13.8. The van der Waals surface area contributed by atoms with Gasteiger partial charge in [0.25, 0.3) is 0 Å². The largest absolute Gasteiger partial charge is 0.345 e. The number of halogens is 1. The second-order valence-corrected chi connectivity index (χ2v) is 5.61. The fourth-order valence-corrected chi connectivity index (χ4v) is 2.06. The molecule has 0 saturated carbocycles. The summed E-state index contributed by atoms with van der Waals surface area (Å²) in [5.41, 5.74) is 0.382. The Morgan fingerprint density at radius 1 is 1.29 bits per heavy atom. The van der Waals surface area contributed by atoms with Gasteiger partial charge in [-0.15, -0.1) is 0 Å². The van der Waals surface area contributed by atoms with E-state index < -0.39 is 17.6 Å². The van der Waals surface area contributed by atoms with Crippen molar-refractivity contribution in [2.45, 2.75) is 33.2 Å². The average Bonchev–Trinajstić information content (AvgIpc) is 3.08. The highest BCUT2D eigenvalue weighted by Gasteiger charge is 2.19. The molecule has 0 aliphatic rings. The SMILES string of the molecule is CC[C@H](C)[C@H](C)NC(=O)C(=O)Nc1ccc(-n2cncn2)c(F)c1. The van der Waals surface area contributed by atoms with Crippen molar-refractivity contribution in [1.29, 1.82) is 0 Å². The molecule has 1 aromatic heterocycles. The van der Waals surface area contributed by atoms with Gasteiger partial charge < -0.3 is 10.6 Å². The van der Waals surface area contributed by atoms with Gasteiger partial charge in [0.1, 0.15) is 18.3 Å². The Morgan fingerprint density at radius 2 is 2.04 bits per heavy atom. The van der Waals surface area contributed by atoms with Crippen LogP contribution in [-0.2, 0) is 9.59 Å². The quantitative estimate of drug-likeness (QED) is 0.818. The van der Waals surface area contributed by atoms with Crippen LogP contribution in [0.25, 0.3) is 5.69 Å². The van der Waals surface area contributed by atoms with E-state index in [0.717, 1.165) is 12.5 Å². The highest BCUT2D eigenvalue weighted by atomic mass is 19.1. The van der Waals surface area contributed by atoms with Gasteiger partial charge in [-0.05, 0) is 31.0 Å². The standard InChI is InChI=1S/C16H20FN5O2/c1-4-10(2)11(3)20-15(23)16(24)21-12-5-6-14(13(17)7-12)22-9-18-8-19-22/h5-11H,4H2,1-3H3,(H,20,23)(H,21,24)/t10-,11-/m0/s1. The smallest absolute Gasteiger partial charge is 0.313 e. The van der Waals surface area contributed by atoms with Gasteiger partial charge in [-0.1, -0.05) is 20.3 Å². The number of rotatable bonds is 5. The zero-order valence-electron chi connectivity index (χ0n) is 13.8. The Kier molecular flexibility index (Phi) is 5.62. The van der Waals surface area contributed by atoms with Crippen LogP contribution in [0.2, 0.25) is 0 Å². The number of benzene rings is 1. The third-order valence-electron chi connectivity index (χ3n) is 3.93. The number of hydrogen-bond donors (Lipinski definition) is 2. The summed E-state index contributed by atoms with van der Waals surface area (Å²) >= 11 is 0. The molecular formula is C16H20FN5O2. The molecule has 2 amide bonds. The van der Waals surface area contributed by atoms with Gasteiger partial charge in [0, 0.05) is 11.7 Å². The average molecular weight is 333 g/mol. The van der Waals surface area contributed by atoms with Crippen LogP contribution < -0.4 is 10.6 Å². The summed E-state index contributed by atoms with van der Waals surface area (Å²) in [4.78, 5) is 27.5. The van der Waals surface area contributed by atoms with Gasteiger partial charge >= 0.3 is 11.8 Å². The van der Waals surface area contributed by atoms with Gasteiger partial charge in [-0.2, -0.15) is 5.10 Å². The number of carbonyl (C=O) groups excluding carboxylic acids is 2. The lowest BCUT2D eigenvalue weighted by Crippen LogP contribution is -2.43. The van der Waals surface area contributed by atoms with Gasteiger partial charge in [0.15, 0.2) is 5.82 Å². The molecular weight excluding hydrogens is 313 g/mol. The van der Waals surface area contributed by atoms with E-state index in [4.69, 9.17) is 0 Å². The number of carbonyl (C=O) groups is 2. The Balaban J connectivity index is 2.02. The van der Waals surface area contributed by atoms with Crippen molar-refractivity contribution < 1.29 is 14.0 Å². The van der Waals surface area contributed by atoms with E-state index in [1.807, 2.05) is 20.8 Å². The lowest BCUT2D eigenvalue weighted by Gasteiger charge is -2.19. The van der Waals surface area contributed by atoms with Gasteiger partial charge in [-0.3, -0.25) is 9.59 Å². The van der Waals surface area contributed by atoms with E-state index in [0.29, 0.717) is 0 Å². The van der Waals surface area contributed by atoms with Crippen molar-refractivity contribution in [3.05, 3.63) is 36.7 Å². The molecule has 0 spiro atoms. The predicted octanol–water partition coefficient (Wildman–Crippen LogP) is 1.90. The first-order valence-corrected chi connectivity index (χ1v) is 7.68. The molecule has 0 saturated heterocycles. The minimum absolute atomic E-state index is 0.125. The van der Waals surface area contributed by atoms with Gasteiger partial charge in [-0.25, -0.2) is 14.1 Å². The summed E-state index contributed by atoms with van der Waals surface area (Å²) in [5, 5.41) is 8.85. The monoisotopic (exact) mass is 333 g/mol. The van der Waals surface area contributed by atoms with Crippen molar-refractivity contribution in [1.82, 2.24) is 20.1 Å². The molecule has 0 radical (unpaired) electrons. The maximum atomic E-state index is 14.1. The van der Waals surface area contributed by atoms with Crippen LogP contribution in [0, 0.1) is 11.7 Å². The maximum absolute atomic E-state index is 14.1. The van der Waals surface area contributed by atoms with Gasteiger partial charge in [0.05, 0.1) is 0 Å². The molecule has 1 aromatic carbocycles. The summed E-state index contributed by atoms with van der Waals surface area (Å²) in [6.07, 6.45) is 3.54. The molecule has 0 aliphatic carbocycles. The van der Waals surface area contributed by atoms with E-state index >= 15 is 0 Å². The number of aromatic nitrogens is 3. The first kappa shape index (κ1) is 17.6. The zero-order chi connectivity index (χ0) is 17.7. The molecule has 1 heterocycles. The minimum atomic E-state index is -0.835. The van der Waals surface area contributed by atoms with Crippen molar-refractivity contribution >= 4 is 17.5 Å². The highest BCUT2D eigenvalue weighted by molar-refractivity contribution is 6.39. The molecule has 0 unspecified atom stereocenters. The Labute approximate surface area is 139 Å². The van der Waals surface area contributed by atoms with Crippen LogP contribution in [0.15, 0.2) is 30.9 Å². The van der Waals surface area contributed by atoms with Crippen molar-refractivity contribution in [2.24, 2.45) is 5.92 Å². The molecule has 2 N–H and O–H groups in total. The molecule has 2 aromatic rings. The molecule has 0 aliphatic heterocycles. The van der Waals surface area contributed by atoms with Crippen LogP contribution in [0.3, 0.4) is 0 Å². The van der Waals surface area contributed by atoms with Crippen LogP contribution in [0.5, 0.6) is 0 Å². The molecule has 24 heavy (non-hydrogen) atoms. The van der Waals surface area contributed by atoms with E-state index in [1.165, 1.54) is 29.5 Å². The summed E-state index contributed by atoms with van der Waals surface area (Å²) in [7, 11) is 0. The Hall–Kier alpha value is -2.77. The fourth-order valence-electron chi connectivity index (χ4n) is 2.06. The second kappa shape index (κ2) is 7.67. The Morgan fingerprint density at radius 3 is 2.62 bits per heavy atom. The van der Waals surface area contributed by atoms with E-state index in [1.54, 1.807) is 0 Å². The van der Waals surface area contributed by atoms with E-state index in [9.17, 15) is 14.0 Å². The lowest BCUT2D eigenvalue weighted by atomic mass is 10.0. The van der Waals surface area contributed by atoms with Crippen LogP contribution in [0.1, 0.15) is 27.2 Å². The van der Waals surface area contributed by atoms with Crippen LogP contribution in [0.4, 0.5) is 10.1 Å². The summed E-state index contributed by atoms with van der Waals surface area (Å²) < 4.78 is 15.4. The third kappa shape index (κ3) is 4.15. The van der Waals surface area contributed by atoms with E-state index in [2.05, 4.69) is 20.7 Å². The maximum Gasteiger partial charge on any atom is 0.313 e. The first-order chi connectivity index (χ1) is 11.4. The summed E-state index contributed by atoms with van der Waals surface area (Å²) in [6, 6.07) is 3.93.